The third-order valence-corrected chi connectivity index (χ3v) is 1.44. The van der Waals surface area contributed by atoms with E-state index in [4.69, 9.17) is 4.74 Å². The van der Waals surface area contributed by atoms with Crippen LogP contribution >= 0.6 is 0 Å². The van der Waals surface area contributed by atoms with Gasteiger partial charge in [0.15, 0.2) is 0 Å². The molecule has 0 atom stereocenters. The van der Waals surface area contributed by atoms with Crippen LogP contribution in [0.3, 0.4) is 0 Å². The first-order chi connectivity index (χ1) is 4.58. The van der Waals surface area contributed by atoms with Crippen LogP contribution in [0.25, 0.3) is 0 Å². The van der Waals surface area contributed by atoms with E-state index in [9.17, 15) is 0 Å². The summed E-state index contributed by atoms with van der Waals surface area (Å²) < 4.78 is 5.66. The Labute approximate surface area is 63.1 Å². The first-order valence-electron chi connectivity index (χ1n) is 3.96. The Balaban J connectivity index is 2.38. The Bertz CT molecular complexity index is 139. The summed E-state index contributed by atoms with van der Waals surface area (Å²) in [5, 5.41) is 0. The van der Waals surface area contributed by atoms with Gasteiger partial charge in [-0.05, 0) is 39.7 Å². The van der Waals surface area contributed by atoms with Crippen LogP contribution < -0.4 is 0 Å². The lowest BCUT2D eigenvalue weighted by atomic mass is 10.2. The monoisotopic (exact) mass is 140 g/mol. The molecule has 0 saturated heterocycles. The normalized spacial score (nSPS) is 18.9. The predicted octanol–water partition coefficient (Wildman–Crippen LogP) is 2.87. The summed E-state index contributed by atoms with van der Waals surface area (Å²) in [5.74, 6) is 1.19. The van der Waals surface area contributed by atoms with Crippen LogP contribution in [0.1, 0.15) is 40.0 Å². The molecule has 0 heterocycles. The summed E-state index contributed by atoms with van der Waals surface area (Å²) >= 11 is 0. The summed E-state index contributed by atoms with van der Waals surface area (Å²) in [6.07, 6.45) is 5.80. The molecule has 0 fully saturated rings. The first-order valence-corrected chi connectivity index (χ1v) is 3.96. The molecule has 1 nitrogen and oxygen atoms in total. The Morgan fingerprint density at radius 3 is 2.50 bits per heavy atom. The quantitative estimate of drug-likeness (QED) is 0.544. The number of ether oxygens (including phenoxy) is 1. The Morgan fingerprint density at radius 2 is 2.10 bits per heavy atom. The smallest absolute Gasteiger partial charge is 0.100 e. The van der Waals surface area contributed by atoms with Crippen LogP contribution in [0.2, 0.25) is 0 Å². The van der Waals surface area contributed by atoms with Gasteiger partial charge in [0.1, 0.15) is 5.60 Å². The van der Waals surface area contributed by atoms with Gasteiger partial charge in [-0.25, -0.2) is 0 Å². The van der Waals surface area contributed by atoms with Gasteiger partial charge in [0, 0.05) is 6.42 Å². The molecule has 0 aliphatic heterocycles. The van der Waals surface area contributed by atoms with E-state index in [0.29, 0.717) is 0 Å². The standard InChI is InChI=1S/C9H16O/c1-9(2,3)10-8-6-4-5-7-8/h6H,4-5,7H2,1-3H3. The molecule has 1 rings (SSSR count). The van der Waals surface area contributed by atoms with Gasteiger partial charge < -0.3 is 4.74 Å². The molecule has 0 N–H and O–H groups in total. The number of hydrogen-bond donors (Lipinski definition) is 0. The average Bonchev–Trinajstić information content (AvgIpc) is 2.12. The molecule has 0 aromatic carbocycles. The minimum Gasteiger partial charge on any atom is -0.493 e. The van der Waals surface area contributed by atoms with Crippen molar-refractivity contribution >= 4 is 0 Å². The topological polar surface area (TPSA) is 9.23 Å². The van der Waals surface area contributed by atoms with Gasteiger partial charge in [0.2, 0.25) is 0 Å². The zero-order chi connectivity index (χ0) is 7.61. The highest BCUT2D eigenvalue weighted by Crippen LogP contribution is 2.23. The van der Waals surface area contributed by atoms with Crippen molar-refractivity contribution in [1.29, 1.82) is 0 Å². The SMILES string of the molecule is CC(C)(C)OC1=CCCC1. The van der Waals surface area contributed by atoms with E-state index in [1.54, 1.807) is 0 Å². The predicted molar refractivity (Wildman–Crippen MR) is 42.8 cm³/mol. The molecule has 0 spiro atoms. The van der Waals surface area contributed by atoms with Crippen molar-refractivity contribution in [1.82, 2.24) is 0 Å². The fourth-order valence-corrected chi connectivity index (χ4v) is 1.13. The van der Waals surface area contributed by atoms with E-state index < -0.39 is 0 Å². The summed E-state index contributed by atoms with van der Waals surface area (Å²) in [6, 6.07) is 0. The van der Waals surface area contributed by atoms with E-state index in [0.717, 1.165) is 6.42 Å². The van der Waals surface area contributed by atoms with Crippen LogP contribution in [-0.4, -0.2) is 5.60 Å². The van der Waals surface area contributed by atoms with Crippen LogP contribution in [0, 0.1) is 0 Å². The first kappa shape index (κ1) is 7.64. The summed E-state index contributed by atoms with van der Waals surface area (Å²) in [7, 11) is 0. The molecule has 0 saturated carbocycles. The molecule has 0 aromatic rings. The van der Waals surface area contributed by atoms with Gasteiger partial charge in [-0.1, -0.05) is 0 Å². The van der Waals surface area contributed by atoms with Gasteiger partial charge in [-0.3, -0.25) is 0 Å². The lowest BCUT2D eigenvalue weighted by Gasteiger charge is -2.21. The molecule has 0 bridgehead atoms. The molecular formula is C9H16O. The maximum atomic E-state index is 5.66. The zero-order valence-corrected chi connectivity index (χ0v) is 7.11. The second-order valence-electron chi connectivity index (χ2n) is 3.78. The third-order valence-electron chi connectivity index (χ3n) is 1.44. The number of rotatable bonds is 1. The zero-order valence-electron chi connectivity index (χ0n) is 7.11. The van der Waals surface area contributed by atoms with Gasteiger partial charge in [0.25, 0.3) is 0 Å². The van der Waals surface area contributed by atoms with Crippen LogP contribution in [0.4, 0.5) is 0 Å². The summed E-state index contributed by atoms with van der Waals surface area (Å²) in [4.78, 5) is 0. The maximum absolute atomic E-state index is 5.66. The molecule has 58 valence electrons. The van der Waals surface area contributed by atoms with Crippen LogP contribution in [-0.2, 0) is 4.74 Å². The molecule has 1 aliphatic rings. The van der Waals surface area contributed by atoms with E-state index in [1.807, 2.05) is 0 Å². The van der Waals surface area contributed by atoms with Gasteiger partial charge in [0.05, 0.1) is 5.76 Å². The second kappa shape index (κ2) is 2.65. The highest BCUT2D eigenvalue weighted by Gasteiger charge is 2.15. The molecule has 1 heteroatoms. The number of allylic oxidation sites excluding steroid dienone is 2. The highest BCUT2D eigenvalue weighted by molar-refractivity contribution is 5.00. The highest BCUT2D eigenvalue weighted by atomic mass is 16.5. The van der Waals surface area contributed by atoms with Gasteiger partial charge in [-0.2, -0.15) is 0 Å². The third kappa shape index (κ3) is 2.42. The van der Waals surface area contributed by atoms with Crippen molar-refractivity contribution in [3.63, 3.8) is 0 Å². The van der Waals surface area contributed by atoms with Crippen molar-refractivity contribution in [2.45, 2.75) is 45.6 Å². The van der Waals surface area contributed by atoms with E-state index in [-0.39, 0.29) is 5.60 Å². The maximum Gasteiger partial charge on any atom is 0.100 e. The Kier molecular flexibility index (Phi) is 2.02. The molecule has 0 aromatic heterocycles. The lowest BCUT2D eigenvalue weighted by molar-refractivity contribution is 0.0491. The molecular weight excluding hydrogens is 124 g/mol. The largest absolute Gasteiger partial charge is 0.493 e. The molecule has 0 unspecified atom stereocenters. The van der Waals surface area contributed by atoms with Crippen LogP contribution in [0.5, 0.6) is 0 Å². The summed E-state index contributed by atoms with van der Waals surface area (Å²) in [5.41, 5.74) is -0.00380. The van der Waals surface area contributed by atoms with E-state index in [2.05, 4.69) is 26.8 Å². The molecule has 0 amide bonds. The molecule has 10 heavy (non-hydrogen) atoms. The van der Waals surface area contributed by atoms with Gasteiger partial charge in [-0.15, -0.1) is 0 Å². The van der Waals surface area contributed by atoms with Gasteiger partial charge >= 0.3 is 0 Å². The Morgan fingerprint density at radius 1 is 1.40 bits per heavy atom. The van der Waals surface area contributed by atoms with Crippen molar-refractivity contribution in [3.05, 3.63) is 11.8 Å². The minimum absolute atomic E-state index is 0.00380. The fraction of sp³-hybridized carbons (Fsp3) is 0.778. The van der Waals surface area contributed by atoms with E-state index >= 15 is 0 Å². The second-order valence-corrected chi connectivity index (χ2v) is 3.78. The van der Waals surface area contributed by atoms with Crippen molar-refractivity contribution in [3.8, 4) is 0 Å². The molecule has 0 radical (unpaired) electrons. The lowest BCUT2D eigenvalue weighted by Crippen LogP contribution is -2.17. The minimum atomic E-state index is -0.00380. The Hall–Kier alpha value is -0.460. The number of hydrogen-bond acceptors (Lipinski definition) is 1. The van der Waals surface area contributed by atoms with Crippen LogP contribution in [0.15, 0.2) is 11.8 Å². The van der Waals surface area contributed by atoms with Crippen molar-refractivity contribution in [2.24, 2.45) is 0 Å². The van der Waals surface area contributed by atoms with Crippen molar-refractivity contribution < 1.29 is 4.74 Å². The average molecular weight is 140 g/mol. The summed E-state index contributed by atoms with van der Waals surface area (Å²) in [6.45, 7) is 6.27. The molecule has 1 aliphatic carbocycles. The van der Waals surface area contributed by atoms with E-state index in [1.165, 1.54) is 18.6 Å². The van der Waals surface area contributed by atoms with Crippen molar-refractivity contribution in [2.75, 3.05) is 0 Å². The fourth-order valence-electron chi connectivity index (χ4n) is 1.13.